The smallest absolute Gasteiger partial charge is 0.251 e. The van der Waals surface area contributed by atoms with Gasteiger partial charge in [-0.25, -0.2) is 0 Å². The lowest BCUT2D eigenvalue weighted by Gasteiger charge is -2.10. The number of nitrogens with zero attached hydrogens (tertiary/aromatic N) is 1. The molecule has 2 aromatic heterocycles. The lowest BCUT2D eigenvalue weighted by Crippen LogP contribution is -2.29. The van der Waals surface area contributed by atoms with Crippen LogP contribution in [0, 0.1) is 0 Å². The third-order valence-corrected chi connectivity index (χ3v) is 3.45. The molecule has 0 aromatic carbocycles. The van der Waals surface area contributed by atoms with Gasteiger partial charge < -0.3 is 15.0 Å². The van der Waals surface area contributed by atoms with E-state index in [1.54, 1.807) is 19.2 Å². The van der Waals surface area contributed by atoms with Gasteiger partial charge in [0, 0.05) is 31.4 Å². The number of nitrogens with one attached hydrogen (secondary N) is 1. The fraction of sp³-hybridized carbons (Fsp3) is 0.231. The Hall–Kier alpha value is -1.92. The average Bonchev–Trinajstić information content (AvgIpc) is 2.92. The molecule has 2 rings (SSSR count). The quantitative estimate of drug-likeness (QED) is 0.873. The summed E-state index contributed by atoms with van der Waals surface area (Å²) in [5.41, 5.74) is 0.820. The number of pyridine rings is 1. The summed E-state index contributed by atoms with van der Waals surface area (Å²) >= 11 is 1.49. The molecule has 0 spiro atoms. The highest BCUT2D eigenvalue weighted by Gasteiger charge is 2.11. The van der Waals surface area contributed by atoms with Gasteiger partial charge in [-0.05, 0) is 28.5 Å². The van der Waals surface area contributed by atoms with E-state index in [4.69, 9.17) is 0 Å². The number of carbonyl (C=O) groups excluding carboxylic acids is 1. The maximum atomic E-state index is 11.8. The number of aromatic nitrogens is 1. The highest BCUT2D eigenvalue weighted by atomic mass is 32.1. The van der Waals surface area contributed by atoms with Crippen LogP contribution < -0.4 is 10.9 Å². The van der Waals surface area contributed by atoms with E-state index in [2.05, 4.69) is 5.32 Å². The van der Waals surface area contributed by atoms with Crippen LogP contribution in [0.25, 0.3) is 0 Å². The standard InChI is InChI=1S/C13H14N2O3S/c1-15-4-2-9(6-12(15)17)13(18)14-7-11(16)10-3-5-19-8-10/h2-6,8,11,16H,7H2,1H3,(H,14,18). The molecule has 0 aliphatic rings. The van der Waals surface area contributed by atoms with E-state index in [0.29, 0.717) is 5.56 Å². The first-order valence-corrected chi connectivity index (χ1v) is 6.67. The minimum absolute atomic E-state index is 0.116. The zero-order valence-electron chi connectivity index (χ0n) is 10.4. The molecule has 0 aliphatic heterocycles. The Kier molecular flexibility index (Phi) is 4.13. The van der Waals surface area contributed by atoms with E-state index in [-0.39, 0.29) is 18.0 Å². The summed E-state index contributed by atoms with van der Waals surface area (Å²) in [5, 5.41) is 16.1. The van der Waals surface area contributed by atoms with Crippen LogP contribution in [-0.2, 0) is 7.05 Å². The van der Waals surface area contributed by atoms with Crippen molar-refractivity contribution in [2.45, 2.75) is 6.10 Å². The third kappa shape index (κ3) is 3.30. The van der Waals surface area contributed by atoms with Crippen molar-refractivity contribution >= 4 is 17.2 Å². The van der Waals surface area contributed by atoms with Crippen molar-refractivity contribution in [3.63, 3.8) is 0 Å². The monoisotopic (exact) mass is 278 g/mol. The van der Waals surface area contributed by atoms with E-state index in [0.717, 1.165) is 5.56 Å². The lowest BCUT2D eigenvalue weighted by molar-refractivity contribution is 0.0916. The summed E-state index contributed by atoms with van der Waals surface area (Å²) < 4.78 is 1.39. The van der Waals surface area contributed by atoms with Crippen molar-refractivity contribution in [1.29, 1.82) is 0 Å². The third-order valence-electron chi connectivity index (χ3n) is 2.75. The Morgan fingerprint density at radius 2 is 2.32 bits per heavy atom. The molecule has 19 heavy (non-hydrogen) atoms. The molecular weight excluding hydrogens is 264 g/mol. The molecule has 0 fully saturated rings. The van der Waals surface area contributed by atoms with Gasteiger partial charge in [0.2, 0.25) is 0 Å². The largest absolute Gasteiger partial charge is 0.387 e. The van der Waals surface area contributed by atoms with Gasteiger partial charge >= 0.3 is 0 Å². The molecule has 2 aromatic rings. The molecule has 0 aliphatic carbocycles. The predicted molar refractivity (Wildman–Crippen MR) is 73.3 cm³/mol. The molecular formula is C13H14N2O3S. The molecule has 0 radical (unpaired) electrons. The number of hydrogen-bond donors (Lipinski definition) is 2. The predicted octanol–water partition coefficient (Wildman–Crippen LogP) is 0.910. The van der Waals surface area contributed by atoms with E-state index in [9.17, 15) is 14.7 Å². The van der Waals surface area contributed by atoms with Crippen LogP contribution in [0.3, 0.4) is 0 Å². The van der Waals surface area contributed by atoms with Gasteiger partial charge in [0.1, 0.15) is 0 Å². The molecule has 1 atom stereocenters. The number of aliphatic hydroxyl groups excluding tert-OH is 1. The number of aryl methyl sites for hydroxylation is 1. The number of rotatable bonds is 4. The summed E-state index contributed by atoms with van der Waals surface area (Å²) in [7, 11) is 1.62. The van der Waals surface area contributed by atoms with Crippen LogP contribution in [0.2, 0.25) is 0 Å². The first-order chi connectivity index (χ1) is 9.08. The number of thiophene rings is 1. The second-order valence-electron chi connectivity index (χ2n) is 4.15. The van der Waals surface area contributed by atoms with Crippen LogP contribution in [0.1, 0.15) is 22.0 Å². The number of hydrogen-bond acceptors (Lipinski definition) is 4. The van der Waals surface area contributed by atoms with Gasteiger partial charge in [-0.15, -0.1) is 0 Å². The molecule has 2 heterocycles. The summed E-state index contributed by atoms with van der Waals surface area (Å²) in [6, 6.07) is 4.64. The summed E-state index contributed by atoms with van der Waals surface area (Å²) in [6.45, 7) is 0.116. The molecule has 1 unspecified atom stereocenters. The molecule has 2 N–H and O–H groups in total. The van der Waals surface area contributed by atoms with Crippen LogP contribution in [0.5, 0.6) is 0 Å². The second-order valence-corrected chi connectivity index (χ2v) is 4.93. The van der Waals surface area contributed by atoms with Crippen molar-refractivity contribution < 1.29 is 9.90 Å². The van der Waals surface area contributed by atoms with Crippen LogP contribution in [0.15, 0.2) is 40.0 Å². The maximum absolute atomic E-state index is 11.8. The fourth-order valence-electron chi connectivity index (χ4n) is 1.56. The number of carbonyl (C=O) groups is 1. The van der Waals surface area contributed by atoms with Gasteiger partial charge in [0.15, 0.2) is 0 Å². The Bertz CT molecular complexity index is 619. The Balaban J connectivity index is 1.98. The summed E-state index contributed by atoms with van der Waals surface area (Å²) in [6.07, 6.45) is 0.800. The van der Waals surface area contributed by atoms with Crippen molar-refractivity contribution in [3.8, 4) is 0 Å². The van der Waals surface area contributed by atoms with Crippen LogP contribution in [0.4, 0.5) is 0 Å². The van der Waals surface area contributed by atoms with E-state index >= 15 is 0 Å². The zero-order valence-corrected chi connectivity index (χ0v) is 11.2. The van der Waals surface area contributed by atoms with E-state index < -0.39 is 6.10 Å². The van der Waals surface area contributed by atoms with Gasteiger partial charge in [0.25, 0.3) is 11.5 Å². The molecule has 6 heteroatoms. The number of aliphatic hydroxyl groups is 1. The SMILES string of the molecule is Cn1ccc(C(=O)NCC(O)c2ccsc2)cc1=O. The fourth-order valence-corrected chi connectivity index (χ4v) is 2.27. The van der Waals surface area contributed by atoms with Gasteiger partial charge in [0.05, 0.1) is 6.10 Å². The van der Waals surface area contributed by atoms with E-state index in [1.807, 2.05) is 10.8 Å². The van der Waals surface area contributed by atoms with Crippen molar-refractivity contribution in [2.24, 2.45) is 7.05 Å². The van der Waals surface area contributed by atoms with E-state index in [1.165, 1.54) is 28.2 Å². The normalized spacial score (nSPS) is 12.1. The Morgan fingerprint density at radius 3 is 2.95 bits per heavy atom. The van der Waals surface area contributed by atoms with Gasteiger partial charge in [-0.3, -0.25) is 9.59 Å². The zero-order chi connectivity index (χ0) is 13.8. The first-order valence-electron chi connectivity index (χ1n) is 5.73. The Labute approximate surface area is 114 Å². The topological polar surface area (TPSA) is 71.3 Å². The molecule has 0 bridgehead atoms. The van der Waals surface area contributed by atoms with Crippen molar-refractivity contribution in [1.82, 2.24) is 9.88 Å². The maximum Gasteiger partial charge on any atom is 0.251 e. The van der Waals surface area contributed by atoms with Crippen LogP contribution in [-0.4, -0.2) is 22.1 Å². The lowest BCUT2D eigenvalue weighted by atomic mass is 10.2. The molecule has 0 saturated carbocycles. The average molecular weight is 278 g/mol. The van der Waals surface area contributed by atoms with Crippen LogP contribution >= 0.6 is 11.3 Å². The number of amides is 1. The van der Waals surface area contributed by atoms with Crippen molar-refractivity contribution in [3.05, 3.63) is 56.6 Å². The van der Waals surface area contributed by atoms with Crippen molar-refractivity contribution in [2.75, 3.05) is 6.54 Å². The molecule has 0 saturated heterocycles. The van der Waals surface area contributed by atoms with Gasteiger partial charge in [-0.2, -0.15) is 11.3 Å². The molecule has 1 amide bonds. The second kappa shape index (κ2) is 5.81. The molecule has 100 valence electrons. The Morgan fingerprint density at radius 1 is 1.53 bits per heavy atom. The highest BCUT2D eigenvalue weighted by Crippen LogP contribution is 2.15. The first kappa shape index (κ1) is 13.5. The minimum Gasteiger partial charge on any atom is -0.387 e. The molecule has 5 nitrogen and oxygen atoms in total. The highest BCUT2D eigenvalue weighted by molar-refractivity contribution is 7.07. The summed E-state index contributed by atoms with van der Waals surface area (Å²) in [4.78, 5) is 23.2. The van der Waals surface area contributed by atoms with Gasteiger partial charge in [-0.1, -0.05) is 0 Å². The summed E-state index contributed by atoms with van der Waals surface area (Å²) in [5.74, 6) is -0.369. The minimum atomic E-state index is -0.734.